The average Bonchev–Trinajstić information content (AvgIpc) is 2.46. The third-order valence-corrected chi connectivity index (χ3v) is 4.64. The molecule has 2 N–H and O–H groups in total. The molecular formula is C15H17ClN2S. The van der Waals surface area contributed by atoms with Gasteiger partial charge in [-0.2, -0.15) is 0 Å². The molecule has 1 aromatic heterocycles. The summed E-state index contributed by atoms with van der Waals surface area (Å²) in [6.45, 7) is 2.09. The van der Waals surface area contributed by atoms with Crippen LogP contribution in [0.15, 0.2) is 53.7 Å². The van der Waals surface area contributed by atoms with E-state index < -0.39 is 0 Å². The molecule has 19 heavy (non-hydrogen) atoms. The molecule has 0 saturated heterocycles. The maximum absolute atomic E-state index is 6.30. The Hall–Kier alpha value is -1.03. The highest BCUT2D eigenvalue weighted by atomic mass is 35.5. The van der Waals surface area contributed by atoms with Crippen molar-refractivity contribution in [3.63, 3.8) is 0 Å². The van der Waals surface area contributed by atoms with E-state index in [1.54, 1.807) is 18.0 Å². The van der Waals surface area contributed by atoms with Gasteiger partial charge in [0.05, 0.1) is 10.3 Å². The summed E-state index contributed by atoms with van der Waals surface area (Å²) < 4.78 is 0. The molecule has 1 heterocycles. The van der Waals surface area contributed by atoms with Crippen LogP contribution in [0.1, 0.15) is 24.2 Å². The number of nitrogens with two attached hydrogens (primary N) is 1. The maximum Gasteiger partial charge on any atom is 0.0966 e. The van der Waals surface area contributed by atoms with Gasteiger partial charge in [0, 0.05) is 17.3 Å². The summed E-state index contributed by atoms with van der Waals surface area (Å²) in [5.41, 5.74) is 7.34. The van der Waals surface area contributed by atoms with Crippen LogP contribution in [0.4, 0.5) is 0 Å². The summed E-state index contributed by atoms with van der Waals surface area (Å²) in [6, 6.07) is 13.8. The average molecular weight is 293 g/mol. The normalized spacial score (nSPS) is 14.1. The minimum atomic E-state index is 0.0481. The maximum atomic E-state index is 6.30. The largest absolute Gasteiger partial charge is 0.326 e. The fourth-order valence-electron chi connectivity index (χ4n) is 1.85. The van der Waals surface area contributed by atoms with Crippen LogP contribution < -0.4 is 5.73 Å². The van der Waals surface area contributed by atoms with Crippen molar-refractivity contribution >= 4 is 23.4 Å². The number of thioether (sulfide) groups is 1. The number of nitrogens with zero attached hydrogens (tertiary/aromatic N) is 1. The lowest BCUT2D eigenvalue weighted by atomic mass is 10.0. The smallest absolute Gasteiger partial charge is 0.0966 e. The third kappa shape index (κ3) is 3.72. The lowest BCUT2D eigenvalue weighted by Crippen LogP contribution is -2.25. The van der Waals surface area contributed by atoms with Crippen LogP contribution in [0.3, 0.4) is 0 Å². The number of benzene rings is 1. The third-order valence-electron chi connectivity index (χ3n) is 2.96. The van der Waals surface area contributed by atoms with E-state index in [2.05, 4.69) is 11.9 Å². The second kappa shape index (κ2) is 6.94. The van der Waals surface area contributed by atoms with Crippen LogP contribution in [0.5, 0.6) is 0 Å². The molecule has 100 valence electrons. The molecule has 0 saturated carbocycles. The van der Waals surface area contributed by atoms with Crippen molar-refractivity contribution in [2.45, 2.75) is 29.7 Å². The van der Waals surface area contributed by atoms with Gasteiger partial charge >= 0.3 is 0 Å². The molecule has 2 nitrogen and oxygen atoms in total. The molecule has 2 atom stereocenters. The summed E-state index contributed by atoms with van der Waals surface area (Å²) in [6.07, 6.45) is 2.69. The highest BCUT2D eigenvalue weighted by molar-refractivity contribution is 7.99. The lowest BCUT2D eigenvalue weighted by Gasteiger charge is -2.23. The van der Waals surface area contributed by atoms with Crippen LogP contribution >= 0.6 is 23.4 Å². The molecule has 1 aromatic carbocycles. The Morgan fingerprint density at radius 2 is 1.95 bits per heavy atom. The first-order valence-electron chi connectivity index (χ1n) is 6.30. The van der Waals surface area contributed by atoms with Crippen LogP contribution in [0, 0.1) is 0 Å². The zero-order chi connectivity index (χ0) is 13.7. The van der Waals surface area contributed by atoms with Crippen LogP contribution in [0.25, 0.3) is 0 Å². The molecule has 0 aliphatic carbocycles. The SMILES string of the molecule is CCC(N)C(Sc1ccccn1)c1ccccc1Cl. The Labute approximate surface area is 123 Å². The topological polar surface area (TPSA) is 38.9 Å². The lowest BCUT2D eigenvalue weighted by molar-refractivity contribution is 0.633. The van der Waals surface area contributed by atoms with Crippen molar-refractivity contribution in [1.82, 2.24) is 4.98 Å². The number of pyridine rings is 1. The predicted molar refractivity (Wildman–Crippen MR) is 82.6 cm³/mol. The molecule has 2 unspecified atom stereocenters. The summed E-state index contributed by atoms with van der Waals surface area (Å²) in [4.78, 5) is 4.35. The van der Waals surface area contributed by atoms with Gasteiger partial charge in [-0.3, -0.25) is 0 Å². The van der Waals surface area contributed by atoms with E-state index in [4.69, 9.17) is 17.3 Å². The highest BCUT2D eigenvalue weighted by Gasteiger charge is 2.22. The van der Waals surface area contributed by atoms with Crippen LogP contribution in [0.2, 0.25) is 5.02 Å². The van der Waals surface area contributed by atoms with Gasteiger partial charge in [0.25, 0.3) is 0 Å². The van der Waals surface area contributed by atoms with Crippen molar-refractivity contribution in [3.05, 3.63) is 59.2 Å². The highest BCUT2D eigenvalue weighted by Crippen LogP contribution is 2.39. The monoisotopic (exact) mass is 292 g/mol. The van der Waals surface area contributed by atoms with Crippen LogP contribution in [-0.4, -0.2) is 11.0 Å². The number of aromatic nitrogens is 1. The van der Waals surface area contributed by atoms with E-state index in [0.29, 0.717) is 0 Å². The Morgan fingerprint density at radius 3 is 2.58 bits per heavy atom. The molecule has 0 aliphatic rings. The number of rotatable bonds is 5. The van der Waals surface area contributed by atoms with Crippen molar-refractivity contribution in [2.75, 3.05) is 0 Å². The van der Waals surface area contributed by atoms with Crippen LogP contribution in [-0.2, 0) is 0 Å². The second-order valence-electron chi connectivity index (χ2n) is 4.30. The minimum Gasteiger partial charge on any atom is -0.326 e. The zero-order valence-electron chi connectivity index (χ0n) is 10.8. The van der Waals surface area contributed by atoms with Crippen molar-refractivity contribution in [3.8, 4) is 0 Å². The van der Waals surface area contributed by atoms with Gasteiger partial charge in [-0.1, -0.05) is 54.6 Å². The Bertz CT molecular complexity index is 519. The molecule has 0 amide bonds. The van der Waals surface area contributed by atoms with Crippen molar-refractivity contribution < 1.29 is 0 Å². The minimum absolute atomic E-state index is 0.0481. The number of hydrogen-bond acceptors (Lipinski definition) is 3. The van der Waals surface area contributed by atoms with E-state index in [-0.39, 0.29) is 11.3 Å². The molecule has 0 bridgehead atoms. The molecule has 4 heteroatoms. The van der Waals surface area contributed by atoms with E-state index in [1.807, 2.05) is 42.5 Å². The second-order valence-corrected chi connectivity index (χ2v) is 5.87. The summed E-state index contributed by atoms with van der Waals surface area (Å²) >= 11 is 7.97. The molecule has 0 fully saturated rings. The summed E-state index contributed by atoms with van der Waals surface area (Å²) in [5.74, 6) is 0. The Kier molecular flexibility index (Phi) is 5.25. The van der Waals surface area contributed by atoms with Gasteiger partial charge < -0.3 is 5.73 Å². The predicted octanol–water partition coefficient (Wildman–Crippen LogP) is 4.31. The molecule has 2 aromatic rings. The van der Waals surface area contributed by atoms with Gasteiger partial charge in [0.2, 0.25) is 0 Å². The summed E-state index contributed by atoms with van der Waals surface area (Å²) in [5, 5.41) is 1.85. The molecule has 0 aliphatic heterocycles. The quantitative estimate of drug-likeness (QED) is 0.835. The van der Waals surface area contributed by atoms with E-state index in [9.17, 15) is 0 Å². The van der Waals surface area contributed by atoms with Gasteiger partial charge in [-0.05, 0) is 30.2 Å². The molecule has 0 radical (unpaired) electrons. The Morgan fingerprint density at radius 1 is 1.21 bits per heavy atom. The number of hydrogen-bond donors (Lipinski definition) is 1. The summed E-state index contributed by atoms with van der Waals surface area (Å²) in [7, 11) is 0. The van der Waals surface area contributed by atoms with E-state index in [0.717, 1.165) is 22.0 Å². The fraction of sp³-hybridized carbons (Fsp3) is 0.267. The van der Waals surface area contributed by atoms with Crippen molar-refractivity contribution in [2.24, 2.45) is 5.73 Å². The zero-order valence-corrected chi connectivity index (χ0v) is 12.4. The Balaban J connectivity index is 2.29. The van der Waals surface area contributed by atoms with E-state index >= 15 is 0 Å². The van der Waals surface area contributed by atoms with Gasteiger partial charge in [-0.25, -0.2) is 4.98 Å². The fourth-order valence-corrected chi connectivity index (χ4v) is 3.41. The van der Waals surface area contributed by atoms with Gasteiger partial charge in [0.15, 0.2) is 0 Å². The first kappa shape index (κ1) is 14.4. The van der Waals surface area contributed by atoms with Gasteiger partial charge in [-0.15, -0.1) is 0 Å². The standard InChI is InChI=1S/C15H17ClN2S/c1-2-13(17)15(11-7-3-4-8-12(11)16)19-14-9-5-6-10-18-14/h3-10,13,15H,2,17H2,1H3. The first-order chi connectivity index (χ1) is 9.22. The molecule has 0 spiro atoms. The van der Waals surface area contributed by atoms with E-state index in [1.165, 1.54) is 0 Å². The first-order valence-corrected chi connectivity index (χ1v) is 7.55. The van der Waals surface area contributed by atoms with Gasteiger partial charge in [0.1, 0.15) is 0 Å². The molecular weight excluding hydrogens is 276 g/mol. The molecule has 2 rings (SSSR count). The number of halogens is 1. The van der Waals surface area contributed by atoms with Crippen molar-refractivity contribution in [1.29, 1.82) is 0 Å².